The van der Waals surface area contributed by atoms with E-state index in [4.69, 9.17) is 4.74 Å². The van der Waals surface area contributed by atoms with Gasteiger partial charge in [0.05, 0.1) is 18.2 Å². The summed E-state index contributed by atoms with van der Waals surface area (Å²) in [5.41, 5.74) is 1.42. The molecule has 1 unspecified atom stereocenters. The van der Waals surface area contributed by atoms with E-state index in [0.717, 1.165) is 16.9 Å². The molecule has 154 valence electrons. The molecule has 1 aliphatic rings. The number of hydrogen-bond donors (Lipinski definition) is 1. The van der Waals surface area contributed by atoms with E-state index in [2.05, 4.69) is 10.3 Å². The molecule has 0 spiro atoms. The van der Waals surface area contributed by atoms with Gasteiger partial charge in [0.25, 0.3) is 0 Å². The van der Waals surface area contributed by atoms with Crippen LogP contribution in [0.25, 0.3) is 0 Å². The number of halogens is 1. The summed E-state index contributed by atoms with van der Waals surface area (Å²) in [5.74, 6) is -1.63. The molecule has 1 aromatic carbocycles. The molecule has 1 aromatic heterocycles. The van der Waals surface area contributed by atoms with Crippen molar-refractivity contribution in [2.75, 3.05) is 25.0 Å². The number of rotatable bonds is 7. The Labute approximate surface area is 171 Å². The van der Waals surface area contributed by atoms with E-state index in [-0.39, 0.29) is 30.7 Å². The molecule has 2 heterocycles. The monoisotopic (exact) mass is 419 g/mol. The molecule has 9 heteroatoms. The lowest BCUT2D eigenvalue weighted by molar-refractivity contribution is -0.128. The van der Waals surface area contributed by atoms with Crippen LogP contribution < -0.4 is 5.32 Å². The first-order valence-electron chi connectivity index (χ1n) is 9.35. The number of likely N-dealkylation sites (tertiary alicyclic amines) is 1. The van der Waals surface area contributed by atoms with Gasteiger partial charge in [-0.05, 0) is 38.0 Å². The lowest BCUT2D eigenvalue weighted by Gasteiger charge is -2.16. The number of ether oxygens (including phenoxy) is 1. The maximum atomic E-state index is 13.0. The van der Waals surface area contributed by atoms with E-state index in [0.29, 0.717) is 35.2 Å². The fraction of sp³-hybridized carbons (Fsp3) is 0.400. The first kappa shape index (κ1) is 20.9. The number of carbonyl (C=O) groups is 3. The molecule has 0 aliphatic carbocycles. The normalized spacial score (nSPS) is 16.2. The summed E-state index contributed by atoms with van der Waals surface area (Å²) >= 11 is 1.06. The average Bonchev–Trinajstić information content (AvgIpc) is 3.24. The van der Waals surface area contributed by atoms with Crippen LogP contribution in [-0.2, 0) is 20.7 Å². The number of thiazole rings is 1. The summed E-state index contributed by atoms with van der Waals surface area (Å²) in [5, 5.41) is 3.02. The number of amides is 2. The molecule has 2 amide bonds. The molecule has 7 nitrogen and oxygen atoms in total. The van der Waals surface area contributed by atoms with Crippen LogP contribution in [0.1, 0.15) is 34.3 Å². The van der Waals surface area contributed by atoms with Crippen molar-refractivity contribution in [1.29, 1.82) is 0 Å². The van der Waals surface area contributed by atoms with Crippen molar-refractivity contribution < 1.29 is 23.5 Å². The molecule has 1 N–H and O–H groups in total. The van der Waals surface area contributed by atoms with E-state index in [1.807, 2.05) is 0 Å². The number of aryl methyl sites for hydroxylation is 1. The van der Waals surface area contributed by atoms with Gasteiger partial charge in [0, 0.05) is 19.5 Å². The molecular formula is C20H22FN3O4S. The molecule has 1 aliphatic heterocycles. The topological polar surface area (TPSA) is 88.6 Å². The van der Waals surface area contributed by atoms with Gasteiger partial charge in [0.1, 0.15) is 10.7 Å². The Morgan fingerprint density at radius 2 is 2.07 bits per heavy atom. The number of nitrogens with one attached hydrogen (secondary N) is 1. The number of carbonyl (C=O) groups excluding carboxylic acids is 3. The van der Waals surface area contributed by atoms with Crippen molar-refractivity contribution in [1.82, 2.24) is 9.88 Å². The van der Waals surface area contributed by atoms with Crippen LogP contribution in [0.4, 0.5) is 9.52 Å². The summed E-state index contributed by atoms with van der Waals surface area (Å²) in [6.45, 7) is 4.44. The highest BCUT2D eigenvalue weighted by molar-refractivity contribution is 7.17. The molecular weight excluding hydrogens is 397 g/mol. The molecule has 2 aromatic rings. The van der Waals surface area contributed by atoms with Gasteiger partial charge in [-0.15, -0.1) is 0 Å². The Bertz CT molecular complexity index is 913. The SMILES string of the molecule is CCOC(=O)c1sc(NC(=O)C2CC(=O)N(CCc3ccc(F)cc3)C2)nc1C. The van der Waals surface area contributed by atoms with Crippen LogP contribution in [0, 0.1) is 18.7 Å². The smallest absolute Gasteiger partial charge is 0.350 e. The first-order chi connectivity index (χ1) is 13.9. The van der Waals surface area contributed by atoms with E-state index in [1.165, 1.54) is 12.1 Å². The molecule has 0 saturated carbocycles. The van der Waals surface area contributed by atoms with Crippen LogP contribution in [0.5, 0.6) is 0 Å². The second-order valence-corrected chi connectivity index (χ2v) is 7.76. The van der Waals surface area contributed by atoms with Crippen LogP contribution in [0.15, 0.2) is 24.3 Å². The van der Waals surface area contributed by atoms with Gasteiger partial charge in [0.15, 0.2) is 5.13 Å². The van der Waals surface area contributed by atoms with E-state index < -0.39 is 11.9 Å². The first-order valence-corrected chi connectivity index (χ1v) is 10.2. The summed E-state index contributed by atoms with van der Waals surface area (Å²) in [4.78, 5) is 42.9. The van der Waals surface area contributed by atoms with Crippen molar-refractivity contribution in [3.8, 4) is 0 Å². The molecule has 1 fully saturated rings. The Hall–Kier alpha value is -2.81. The van der Waals surface area contributed by atoms with Gasteiger partial charge in [-0.3, -0.25) is 9.59 Å². The molecule has 29 heavy (non-hydrogen) atoms. The number of esters is 1. The molecule has 3 rings (SSSR count). The third-order valence-corrected chi connectivity index (χ3v) is 5.71. The minimum absolute atomic E-state index is 0.0882. The average molecular weight is 419 g/mol. The van der Waals surface area contributed by atoms with Crippen molar-refractivity contribution >= 4 is 34.3 Å². The van der Waals surface area contributed by atoms with Crippen molar-refractivity contribution in [2.45, 2.75) is 26.7 Å². The Morgan fingerprint density at radius 1 is 1.34 bits per heavy atom. The third-order valence-electron chi connectivity index (χ3n) is 4.66. The zero-order valence-corrected chi connectivity index (χ0v) is 17.1. The van der Waals surface area contributed by atoms with Crippen LogP contribution in [-0.4, -0.2) is 47.4 Å². The lowest BCUT2D eigenvalue weighted by atomic mass is 10.1. The predicted molar refractivity (Wildman–Crippen MR) is 106 cm³/mol. The van der Waals surface area contributed by atoms with Crippen molar-refractivity contribution in [3.05, 3.63) is 46.2 Å². The van der Waals surface area contributed by atoms with Crippen LogP contribution in [0.2, 0.25) is 0 Å². The fourth-order valence-electron chi connectivity index (χ4n) is 3.12. The Morgan fingerprint density at radius 3 is 2.76 bits per heavy atom. The largest absolute Gasteiger partial charge is 0.462 e. The second kappa shape index (κ2) is 9.13. The zero-order valence-electron chi connectivity index (χ0n) is 16.2. The summed E-state index contributed by atoms with van der Waals surface area (Å²) in [6, 6.07) is 6.15. The number of aromatic nitrogens is 1. The number of anilines is 1. The maximum Gasteiger partial charge on any atom is 0.350 e. The molecule has 0 radical (unpaired) electrons. The number of nitrogens with zero attached hydrogens (tertiary/aromatic N) is 2. The second-order valence-electron chi connectivity index (χ2n) is 6.76. The predicted octanol–water partition coefficient (Wildman–Crippen LogP) is 2.80. The highest BCUT2D eigenvalue weighted by Crippen LogP contribution is 2.26. The van der Waals surface area contributed by atoms with Gasteiger partial charge < -0.3 is 15.0 Å². The minimum Gasteiger partial charge on any atom is -0.462 e. The Balaban J connectivity index is 1.55. The van der Waals surface area contributed by atoms with E-state index in [9.17, 15) is 18.8 Å². The lowest BCUT2D eigenvalue weighted by Crippen LogP contribution is -2.30. The van der Waals surface area contributed by atoms with Gasteiger partial charge in [-0.25, -0.2) is 14.2 Å². The Kier molecular flexibility index (Phi) is 6.58. The summed E-state index contributed by atoms with van der Waals surface area (Å²) in [7, 11) is 0. The molecule has 1 atom stereocenters. The van der Waals surface area contributed by atoms with E-state index >= 15 is 0 Å². The third kappa shape index (κ3) is 5.17. The highest BCUT2D eigenvalue weighted by Gasteiger charge is 2.34. The van der Waals surface area contributed by atoms with Gasteiger partial charge in [-0.2, -0.15) is 0 Å². The van der Waals surface area contributed by atoms with Gasteiger partial charge >= 0.3 is 5.97 Å². The quantitative estimate of drug-likeness (QED) is 0.697. The summed E-state index contributed by atoms with van der Waals surface area (Å²) in [6.07, 6.45) is 0.722. The summed E-state index contributed by atoms with van der Waals surface area (Å²) < 4.78 is 18.0. The van der Waals surface area contributed by atoms with Crippen molar-refractivity contribution in [3.63, 3.8) is 0 Å². The van der Waals surface area contributed by atoms with Crippen LogP contribution in [0.3, 0.4) is 0 Å². The number of benzene rings is 1. The molecule has 0 bridgehead atoms. The van der Waals surface area contributed by atoms with E-state index in [1.54, 1.807) is 30.9 Å². The highest BCUT2D eigenvalue weighted by atomic mass is 32.1. The minimum atomic E-state index is -0.481. The number of hydrogen-bond acceptors (Lipinski definition) is 6. The standard InChI is InChI=1S/C20H22FN3O4S/c1-3-28-19(27)17-12(2)22-20(29-17)23-18(26)14-10-16(25)24(11-14)9-8-13-4-6-15(21)7-5-13/h4-7,14H,3,8-11H2,1-2H3,(H,22,23,26). The van der Waals surface area contributed by atoms with Crippen LogP contribution >= 0.6 is 11.3 Å². The fourth-order valence-corrected chi connectivity index (χ4v) is 3.99. The maximum absolute atomic E-state index is 13.0. The van der Waals surface area contributed by atoms with Crippen molar-refractivity contribution in [2.24, 2.45) is 5.92 Å². The van der Waals surface area contributed by atoms with Gasteiger partial charge in [0.2, 0.25) is 11.8 Å². The van der Waals surface area contributed by atoms with Gasteiger partial charge in [-0.1, -0.05) is 23.5 Å². The zero-order chi connectivity index (χ0) is 21.0. The molecule has 1 saturated heterocycles.